The summed E-state index contributed by atoms with van der Waals surface area (Å²) in [5, 5.41) is 3.29. The number of rotatable bonds is 5. The fourth-order valence-electron chi connectivity index (χ4n) is 2.33. The van der Waals surface area contributed by atoms with Crippen molar-refractivity contribution in [3.8, 4) is 5.75 Å². The zero-order valence-corrected chi connectivity index (χ0v) is 11.3. The average molecular weight is 249 g/mol. The van der Waals surface area contributed by atoms with Gasteiger partial charge in [0, 0.05) is 12.0 Å². The van der Waals surface area contributed by atoms with E-state index < -0.39 is 0 Å². The van der Waals surface area contributed by atoms with Crippen LogP contribution in [0.2, 0.25) is 0 Å². The molecule has 1 aliphatic rings. The number of hydrogen-bond acceptors (Lipinski definition) is 4. The van der Waals surface area contributed by atoms with E-state index in [4.69, 9.17) is 10.6 Å². The molecule has 0 aliphatic carbocycles. The molecular formula is C14H23N3O. The Morgan fingerprint density at radius 3 is 3.00 bits per heavy atom. The van der Waals surface area contributed by atoms with Gasteiger partial charge in [0.15, 0.2) is 0 Å². The second kappa shape index (κ2) is 5.69. The van der Waals surface area contributed by atoms with Gasteiger partial charge in [0.05, 0.1) is 13.3 Å². The van der Waals surface area contributed by atoms with Crippen molar-refractivity contribution in [2.75, 3.05) is 19.8 Å². The molecule has 1 aromatic carbocycles. The third-order valence-electron chi connectivity index (χ3n) is 3.48. The Morgan fingerprint density at radius 1 is 1.39 bits per heavy atom. The summed E-state index contributed by atoms with van der Waals surface area (Å²) in [5.41, 5.74) is 5.38. The van der Waals surface area contributed by atoms with Gasteiger partial charge in [-0.3, -0.25) is 5.84 Å². The van der Waals surface area contributed by atoms with Crippen LogP contribution in [0.1, 0.15) is 31.4 Å². The molecule has 0 aromatic heterocycles. The Kier molecular flexibility index (Phi) is 4.22. The maximum atomic E-state index is 5.65. The van der Waals surface area contributed by atoms with E-state index in [9.17, 15) is 0 Å². The zero-order valence-electron chi connectivity index (χ0n) is 11.3. The number of nitrogens with two attached hydrogens (primary N) is 1. The van der Waals surface area contributed by atoms with Crippen molar-refractivity contribution in [2.24, 2.45) is 5.84 Å². The summed E-state index contributed by atoms with van der Waals surface area (Å²) in [4.78, 5) is 0. The first-order valence-corrected chi connectivity index (χ1v) is 6.54. The Labute approximate surface area is 109 Å². The van der Waals surface area contributed by atoms with Gasteiger partial charge in [0.1, 0.15) is 5.75 Å². The van der Waals surface area contributed by atoms with Gasteiger partial charge >= 0.3 is 0 Å². The first-order chi connectivity index (χ1) is 8.63. The number of hydrazine groups is 1. The molecule has 2 rings (SSSR count). The molecule has 0 spiro atoms. The average Bonchev–Trinajstić information content (AvgIpc) is 2.38. The minimum atomic E-state index is 0.0866. The van der Waals surface area contributed by atoms with Crippen molar-refractivity contribution >= 4 is 0 Å². The number of nitrogens with one attached hydrogen (secondary N) is 2. The third-order valence-corrected chi connectivity index (χ3v) is 3.48. The van der Waals surface area contributed by atoms with E-state index in [1.807, 2.05) is 0 Å². The van der Waals surface area contributed by atoms with E-state index in [2.05, 4.69) is 42.8 Å². The van der Waals surface area contributed by atoms with Crippen LogP contribution >= 0.6 is 0 Å². The van der Waals surface area contributed by atoms with Crippen LogP contribution in [0.25, 0.3) is 0 Å². The minimum Gasteiger partial charge on any atom is -0.493 e. The van der Waals surface area contributed by atoms with Crippen LogP contribution < -0.4 is 21.3 Å². The van der Waals surface area contributed by atoms with Crippen LogP contribution in [0.3, 0.4) is 0 Å². The molecule has 4 N–H and O–H groups in total. The van der Waals surface area contributed by atoms with Crippen LogP contribution in [0.15, 0.2) is 18.2 Å². The molecule has 18 heavy (non-hydrogen) atoms. The van der Waals surface area contributed by atoms with Crippen molar-refractivity contribution in [1.29, 1.82) is 0 Å². The summed E-state index contributed by atoms with van der Waals surface area (Å²) >= 11 is 0. The molecule has 100 valence electrons. The van der Waals surface area contributed by atoms with E-state index in [0.717, 1.165) is 31.7 Å². The number of benzene rings is 1. The van der Waals surface area contributed by atoms with Crippen LogP contribution in [0, 0.1) is 0 Å². The SMILES string of the molecule is CC(C)(CNCNN)c1ccc2c(c1)CCCO2. The smallest absolute Gasteiger partial charge is 0.122 e. The van der Waals surface area contributed by atoms with Crippen molar-refractivity contribution in [1.82, 2.24) is 10.7 Å². The Morgan fingerprint density at radius 2 is 2.22 bits per heavy atom. The predicted octanol–water partition coefficient (Wildman–Crippen LogP) is 1.30. The first-order valence-electron chi connectivity index (χ1n) is 6.54. The van der Waals surface area contributed by atoms with Gasteiger partial charge in [-0.2, -0.15) is 0 Å². The lowest BCUT2D eigenvalue weighted by molar-refractivity contribution is 0.288. The molecule has 0 atom stereocenters. The number of fused-ring (bicyclic) bond motifs is 1. The first kappa shape index (κ1) is 13.3. The Balaban J connectivity index is 2.11. The topological polar surface area (TPSA) is 59.3 Å². The minimum absolute atomic E-state index is 0.0866. The summed E-state index contributed by atoms with van der Waals surface area (Å²) in [7, 11) is 0. The van der Waals surface area contributed by atoms with Crippen molar-refractivity contribution in [2.45, 2.75) is 32.1 Å². The summed E-state index contributed by atoms with van der Waals surface area (Å²) in [6, 6.07) is 6.56. The van der Waals surface area contributed by atoms with Gasteiger partial charge in [-0.15, -0.1) is 0 Å². The largest absolute Gasteiger partial charge is 0.493 e. The summed E-state index contributed by atoms with van der Waals surface area (Å²) in [6.45, 7) is 6.83. The van der Waals surface area contributed by atoms with Crippen molar-refractivity contribution in [3.05, 3.63) is 29.3 Å². The lowest BCUT2D eigenvalue weighted by Gasteiger charge is -2.28. The Bertz CT molecular complexity index is 404. The highest BCUT2D eigenvalue weighted by molar-refractivity contribution is 5.41. The lowest BCUT2D eigenvalue weighted by atomic mass is 9.83. The lowest BCUT2D eigenvalue weighted by Crippen LogP contribution is -2.40. The quantitative estimate of drug-likeness (QED) is 0.319. The number of aryl methyl sites for hydroxylation is 1. The molecular weight excluding hydrogens is 226 g/mol. The van der Waals surface area contributed by atoms with Crippen LogP contribution in [-0.4, -0.2) is 19.8 Å². The maximum absolute atomic E-state index is 5.65. The molecule has 4 nitrogen and oxygen atoms in total. The summed E-state index contributed by atoms with van der Waals surface area (Å²) < 4.78 is 5.65. The molecule has 1 aromatic rings. The van der Waals surface area contributed by atoms with Crippen LogP contribution in [-0.2, 0) is 11.8 Å². The summed E-state index contributed by atoms with van der Waals surface area (Å²) in [5.74, 6) is 6.31. The molecule has 4 heteroatoms. The highest BCUT2D eigenvalue weighted by Gasteiger charge is 2.22. The van der Waals surface area contributed by atoms with Crippen molar-refractivity contribution < 1.29 is 4.74 Å². The van der Waals surface area contributed by atoms with E-state index in [0.29, 0.717) is 6.67 Å². The monoisotopic (exact) mass is 249 g/mol. The molecule has 0 amide bonds. The van der Waals surface area contributed by atoms with Gasteiger partial charge in [-0.05, 0) is 30.0 Å². The number of ether oxygens (including phenoxy) is 1. The fourth-order valence-corrected chi connectivity index (χ4v) is 2.33. The highest BCUT2D eigenvalue weighted by Crippen LogP contribution is 2.30. The zero-order chi connectivity index (χ0) is 13.0. The van der Waals surface area contributed by atoms with Crippen LogP contribution in [0.5, 0.6) is 5.75 Å². The second-order valence-corrected chi connectivity index (χ2v) is 5.47. The second-order valence-electron chi connectivity index (χ2n) is 5.47. The molecule has 0 saturated heterocycles. The van der Waals surface area contributed by atoms with Gasteiger partial charge in [0.2, 0.25) is 0 Å². The fraction of sp³-hybridized carbons (Fsp3) is 0.571. The molecule has 0 saturated carbocycles. The molecule has 0 radical (unpaired) electrons. The molecule has 1 aliphatic heterocycles. The maximum Gasteiger partial charge on any atom is 0.122 e. The molecule has 0 unspecified atom stereocenters. The van der Waals surface area contributed by atoms with E-state index in [1.54, 1.807) is 0 Å². The van der Waals surface area contributed by atoms with E-state index in [-0.39, 0.29) is 5.41 Å². The Hall–Kier alpha value is -1.10. The van der Waals surface area contributed by atoms with Crippen molar-refractivity contribution in [3.63, 3.8) is 0 Å². The van der Waals surface area contributed by atoms with Gasteiger partial charge < -0.3 is 10.1 Å². The van der Waals surface area contributed by atoms with E-state index in [1.165, 1.54) is 11.1 Å². The van der Waals surface area contributed by atoms with Gasteiger partial charge in [-0.25, -0.2) is 5.43 Å². The predicted molar refractivity (Wildman–Crippen MR) is 73.5 cm³/mol. The van der Waals surface area contributed by atoms with Gasteiger partial charge in [-0.1, -0.05) is 26.0 Å². The van der Waals surface area contributed by atoms with Gasteiger partial charge in [0.25, 0.3) is 0 Å². The van der Waals surface area contributed by atoms with E-state index >= 15 is 0 Å². The summed E-state index contributed by atoms with van der Waals surface area (Å²) in [6.07, 6.45) is 2.24. The number of hydrogen-bond donors (Lipinski definition) is 3. The third kappa shape index (κ3) is 3.02. The van der Waals surface area contributed by atoms with Crippen LogP contribution in [0.4, 0.5) is 0 Å². The highest BCUT2D eigenvalue weighted by atomic mass is 16.5. The molecule has 0 fully saturated rings. The molecule has 0 bridgehead atoms. The normalized spacial score (nSPS) is 15.1. The standard InChI is InChI=1S/C14H23N3O/c1-14(2,9-16-10-17-15)12-5-6-13-11(8-12)4-3-7-18-13/h5-6,8,16-17H,3-4,7,9-10,15H2,1-2H3. The molecule has 1 heterocycles.